The van der Waals surface area contributed by atoms with E-state index < -0.39 is 0 Å². The Hall–Kier alpha value is -0.830. The Kier molecular flexibility index (Phi) is 4.44. The maximum atomic E-state index is 5.99. The van der Waals surface area contributed by atoms with Crippen LogP contribution in [0.3, 0.4) is 0 Å². The Morgan fingerprint density at radius 3 is 2.56 bits per heavy atom. The van der Waals surface area contributed by atoms with Gasteiger partial charge in [0.2, 0.25) is 0 Å². The molecular weight excluding hydrogens is 285 g/mol. The van der Waals surface area contributed by atoms with Gasteiger partial charge in [-0.1, -0.05) is 35.3 Å². The van der Waals surface area contributed by atoms with Crippen LogP contribution in [-0.2, 0) is 5.75 Å². The Labute approximate surface area is 121 Å². The number of rotatable bonds is 3. The van der Waals surface area contributed by atoms with Crippen molar-refractivity contribution in [3.05, 3.63) is 57.6 Å². The highest BCUT2D eigenvalue weighted by atomic mass is 35.5. The van der Waals surface area contributed by atoms with Crippen molar-refractivity contribution >= 4 is 40.7 Å². The molecule has 2 N–H and O–H groups in total. The molecule has 0 heterocycles. The molecule has 2 aromatic carbocycles. The fourth-order valence-electron chi connectivity index (χ4n) is 1.56. The normalized spacial score (nSPS) is 10.6. The van der Waals surface area contributed by atoms with Gasteiger partial charge >= 0.3 is 0 Å². The third-order valence-electron chi connectivity index (χ3n) is 2.59. The van der Waals surface area contributed by atoms with E-state index in [9.17, 15) is 0 Å². The minimum absolute atomic E-state index is 0.588. The molecule has 0 aliphatic heterocycles. The summed E-state index contributed by atoms with van der Waals surface area (Å²) in [6, 6.07) is 11.7. The standard InChI is InChI=1S/C14H13Cl2NS/c1-9-2-4-11(17)7-14(9)18-8-10-3-5-12(15)13(16)6-10/h2-7H,8,17H2,1H3. The van der Waals surface area contributed by atoms with Crippen LogP contribution in [0, 0.1) is 6.92 Å². The van der Waals surface area contributed by atoms with Gasteiger partial charge in [-0.2, -0.15) is 0 Å². The average Bonchev–Trinajstić information content (AvgIpc) is 2.34. The first-order valence-corrected chi connectivity index (χ1v) is 7.23. The van der Waals surface area contributed by atoms with E-state index in [1.54, 1.807) is 11.8 Å². The lowest BCUT2D eigenvalue weighted by Crippen LogP contribution is -1.88. The summed E-state index contributed by atoms with van der Waals surface area (Å²) >= 11 is 13.6. The van der Waals surface area contributed by atoms with Crippen LogP contribution in [0.5, 0.6) is 0 Å². The molecule has 0 aliphatic carbocycles. The van der Waals surface area contributed by atoms with E-state index in [2.05, 4.69) is 6.92 Å². The zero-order valence-corrected chi connectivity index (χ0v) is 12.2. The summed E-state index contributed by atoms with van der Waals surface area (Å²) in [5.41, 5.74) is 8.96. The molecule has 18 heavy (non-hydrogen) atoms. The Balaban J connectivity index is 2.11. The molecule has 1 nitrogen and oxygen atoms in total. The minimum Gasteiger partial charge on any atom is -0.399 e. The summed E-state index contributed by atoms with van der Waals surface area (Å²) in [5, 5.41) is 1.18. The number of benzene rings is 2. The van der Waals surface area contributed by atoms with Gasteiger partial charge in [0, 0.05) is 16.3 Å². The number of aryl methyl sites for hydroxylation is 1. The summed E-state index contributed by atoms with van der Waals surface area (Å²) in [6.07, 6.45) is 0. The van der Waals surface area contributed by atoms with Gasteiger partial charge in [-0.05, 0) is 42.3 Å². The molecule has 0 bridgehead atoms. The Morgan fingerprint density at radius 1 is 1.06 bits per heavy atom. The van der Waals surface area contributed by atoms with E-state index in [0.29, 0.717) is 10.0 Å². The lowest BCUT2D eigenvalue weighted by atomic mass is 10.2. The Morgan fingerprint density at radius 2 is 1.83 bits per heavy atom. The fourth-order valence-corrected chi connectivity index (χ4v) is 2.90. The minimum atomic E-state index is 0.588. The highest BCUT2D eigenvalue weighted by molar-refractivity contribution is 7.98. The van der Waals surface area contributed by atoms with Crippen molar-refractivity contribution in [2.75, 3.05) is 5.73 Å². The van der Waals surface area contributed by atoms with Gasteiger partial charge in [0.05, 0.1) is 10.0 Å². The topological polar surface area (TPSA) is 26.0 Å². The van der Waals surface area contributed by atoms with Gasteiger partial charge in [0.25, 0.3) is 0 Å². The molecule has 2 rings (SSSR count). The van der Waals surface area contributed by atoms with Gasteiger partial charge in [0.1, 0.15) is 0 Å². The number of hydrogen-bond donors (Lipinski definition) is 1. The highest BCUT2D eigenvalue weighted by Gasteiger charge is 2.03. The molecular formula is C14H13Cl2NS. The number of hydrogen-bond acceptors (Lipinski definition) is 2. The summed E-state index contributed by atoms with van der Waals surface area (Å²) in [4.78, 5) is 1.20. The maximum Gasteiger partial charge on any atom is 0.0595 e. The highest BCUT2D eigenvalue weighted by Crippen LogP contribution is 2.30. The van der Waals surface area contributed by atoms with Crippen molar-refractivity contribution in [2.45, 2.75) is 17.6 Å². The zero-order valence-electron chi connectivity index (χ0n) is 9.91. The SMILES string of the molecule is Cc1ccc(N)cc1SCc1ccc(Cl)c(Cl)c1. The van der Waals surface area contributed by atoms with Crippen LogP contribution in [0.1, 0.15) is 11.1 Å². The summed E-state index contributed by atoms with van der Waals surface area (Å²) in [6.45, 7) is 2.08. The quantitative estimate of drug-likeness (QED) is 0.624. The fraction of sp³-hybridized carbons (Fsp3) is 0.143. The van der Waals surface area contributed by atoms with E-state index in [1.165, 1.54) is 10.5 Å². The molecule has 4 heteroatoms. The van der Waals surface area contributed by atoms with Crippen molar-refractivity contribution in [3.8, 4) is 0 Å². The number of halogens is 2. The van der Waals surface area contributed by atoms with Crippen LogP contribution in [0.25, 0.3) is 0 Å². The number of nitrogen functional groups attached to an aromatic ring is 1. The first kappa shape index (κ1) is 13.6. The van der Waals surface area contributed by atoms with Gasteiger partial charge in [-0.3, -0.25) is 0 Å². The second kappa shape index (κ2) is 5.87. The monoisotopic (exact) mass is 297 g/mol. The van der Waals surface area contributed by atoms with Crippen LogP contribution < -0.4 is 5.73 Å². The lowest BCUT2D eigenvalue weighted by molar-refractivity contribution is 1.29. The third kappa shape index (κ3) is 3.35. The average molecular weight is 298 g/mol. The number of anilines is 1. The number of nitrogens with two attached hydrogens (primary N) is 1. The van der Waals surface area contributed by atoms with Crippen molar-refractivity contribution < 1.29 is 0 Å². The molecule has 0 saturated heterocycles. The van der Waals surface area contributed by atoms with Gasteiger partial charge in [-0.25, -0.2) is 0 Å². The lowest BCUT2D eigenvalue weighted by Gasteiger charge is -2.07. The van der Waals surface area contributed by atoms with Crippen LogP contribution in [0.2, 0.25) is 10.0 Å². The largest absolute Gasteiger partial charge is 0.399 e. The first-order valence-electron chi connectivity index (χ1n) is 5.49. The van der Waals surface area contributed by atoms with Gasteiger partial charge in [0.15, 0.2) is 0 Å². The van der Waals surface area contributed by atoms with Crippen molar-refractivity contribution in [1.82, 2.24) is 0 Å². The Bertz CT molecular complexity index is 570. The molecule has 0 unspecified atom stereocenters. The molecule has 0 spiro atoms. The second-order valence-corrected chi connectivity index (χ2v) is 5.89. The molecule has 0 saturated carbocycles. The second-order valence-electron chi connectivity index (χ2n) is 4.06. The van der Waals surface area contributed by atoms with Gasteiger partial charge < -0.3 is 5.73 Å². The van der Waals surface area contributed by atoms with E-state index in [0.717, 1.165) is 17.0 Å². The first-order chi connectivity index (χ1) is 8.56. The molecule has 0 amide bonds. The third-order valence-corrected chi connectivity index (χ3v) is 4.56. The smallest absolute Gasteiger partial charge is 0.0595 e. The molecule has 94 valence electrons. The molecule has 0 fully saturated rings. The molecule has 0 aliphatic rings. The van der Waals surface area contributed by atoms with Crippen molar-refractivity contribution in [3.63, 3.8) is 0 Å². The molecule has 2 aromatic rings. The predicted octanol–water partition coefficient (Wildman–Crippen LogP) is 5.18. The summed E-state index contributed by atoms with van der Waals surface area (Å²) in [5.74, 6) is 0.848. The summed E-state index contributed by atoms with van der Waals surface area (Å²) < 4.78 is 0. The van der Waals surface area contributed by atoms with E-state index in [4.69, 9.17) is 28.9 Å². The van der Waals surface area contributed by atoms with Crippen molar-refractivity contribution in [1.29, 1.82) is 0 Å². The van der Waals surface area contributed by atoms with Gasteiger partial charge in [-0.15, -0.1) is 11.8 Å². The molecule has 0 aromatic heterocycles. The maximum absolute atomic E-state index is 5.99. The van der Waals surface area contributed by atoms with Crippen LogP contribution in [0.15, 0.2) is 41.3 Å². The van der Waals surface area contributed by atoms with E-state index in [1.807, 2.05) is 36.4 Å². The van der Waals surface area contributed by atoms with Crippen molar-refractivity contribution in [2.24, 2.45) is 0 Å². The van der Waals surface area contributed by atoms with E-state index >= 15 is 0 Å². The van der Waals surface area contributed by atoms with Crippen LogP contribution in [0.4, 0.5) is 5.69 Å². The van der Waals surface area contributed by atoms with Crippen LogP contribution in [-0.4, -0.2) is 0 Å². The predicted molar refractivity (Wildman–Crippen MR) is 81.6 cm³/mol. The molecule has 0 radical (unpaired) electrons. The van der Waals surface area contributed by atoms with E-state index in [-0.39, 0.29) is 0 Å². The molecule has 0 atom stereocenters. The number of thioether (sulfide) groups is 1. The zero-order chi connectivity index (χ0) is 13.1. The van der Waals surface area contributed by atoms with Crippen LogP contribution >= 0.6 is 35.0 Å². The summed E-state index contributed by atoms with van der Waals surface area (Å²) in [7, 11) is 0.